The molecule has 0 radical (unpaired) electrons. The molecular weight excluding hydrogens is 354 g/mol. The Morgan fingerprint density at radius 3 is 2.65 bits per heavy atom. The molecule has 146 valence electrons. The zero-order valence-corrected chi connectivity index (χ0v) is 16.9. The van der Waals surface area contributed by atoms with Gasteiger partial charge < -0.3 is 9.32 Å². The third kappa shape index (κ3) is 5.69. The minimum Gasteiger partial charge on any atom is -0.427 e. The summed E-state index contributed by atoms with van der Waals surface area (Å²) in [5.41, 5.74) is 0.0903. The lowest BCUT2D eigenvalue weighted by molar-refractivity contribution is 0.0678. The van der Waals surface area contributed by atoms with Crippen LogP contribution in [0.2, 0.25) is 0 Å². The topological polar surface area (TPSA) is 84.7 Å². The highest BCUT2D eigenvalue weighted by Gasteiger charge is 2.29. The molecule has 26 heavy (non-hydrogen) atoms. The molecule has 1 fully saturated rings. The lowest BCUT2D eigenvalue weighted by atomic mass is 9.98. The lowest BCUT2D eigenvalue weighted by Crippen LogP contribution is -2.43. The fourth-order valence-electron chi connectivity index (χ4n) is 3.46. The molecule has 0 aromatic carbocycles. The molecule has 1 unspecified atom stereocenters. The van der Waals surface area contributed by atoms with Crippen molar-refractivity contribution in [2.24, 2.45) is 11.8 Å². The van der Waals surface area contributed by atoms with Gasteiger partial charge in [-0.1, -0.05) is 13.8 Å². The van der Waals surface area contributed by atoms with E-state index >= 15 is 0 Å². The van der Waals surface area contributed by atoms with Crippen LogP contribution in [0.15, 0.2) is 15.3 Å². The lowest BCUT2D eigenvalue weighted by Gasteiger charge is -2.32. The van der Waals surface area contributed by atoms with Gasteiger partial charge in [-0.15, -0.1) is 0 Å². The molecule has 1 atom stereocenters. The number of carbonyl (C=O) groups excluding carboxylic acids is 1. The van der Waals surface area contributed by atoms with Crippen molar-refractivity contribution in [3.05, 3.63) is 33.4 Å². The van der Waals surface area contributed by atoms with Crippen LogP contribution in [0.1, 0.15) is 54.8 Å². The molecule has 6 nitrogen and oxygen atoms in total. The molecule has 0 saturated carbocycles. The van der Waals surface area contributed by atoms with E-state index in [0.717, 1.165) is 19.3 Å². The van der Waals surface area contributed by atoms with E-state index in [2.05, 4.69) is 13.8 Å². The normalized spacial score (nSPS) is 18.3. The van der Waals surface area contributed by atoms with E-state index < -0.39 is 15.5 Å². The average Bonchev–Trinajstić information content (AvgIpc) is 2.50. The minimum atomic E-state index is -3.09. The second kappa shape index (κ2) is 8.37. The minimum absolute atomic E-state index is 0.0679. The van der Waals surface area contributed by atoms with Crippen molar-refractivity contribution in [2.75, 3.05) is 25.1 Å². The van der Waals surface area contributed by atoms with Gasteiger partial charge in [-0.2, -0.15) is 0 Å². The summed E-state index contributed by atoms with van der Waals surface area (Å²) in [7, 11) is -3.09. The first-order valence-corrected chi connectivity index (χ1v) is 11.2. The molecule has 7 heteroatoms. The van der Waals surface area contributed by atoms with E-state index in [9.17, 15) is 18.0 Å². The average molecular weight is 384 g/mol. The Kier molecular flexibility index (Phi) is 6.66. The van der Waals surface area contributed by atoms with Crippen LogP contribution in [0.4, 0.5) is 0 Å². The number of carbonyl (C=O) groups is 1. The molecule has 0 aliphatic carbocycles. The molecule has 1 aliphatic heterocycles. The summed E-state index contributed by atoms with van der Waals surface area (Å²) in [5, 5.41) is 0. The summed E-state index contributed by atoms with van der Waals surface area (Å²) in [6.45, 7) is 6.85. The quantitative estimate of drug-likeness (QED) is 0.753. The van der Waals surface area contributed by atoms with Crippen LogP contribution in [-0.2, 0) is 16.3 Å². The third-order valence-electron chi connectivity index (χ3n) is 4.73. The first-order chi connectivity index (χ1) is 12.1. The van der Waals surface area contributed by atoms with Gasteiger partial charge in [-0.3, -0.25) is 4.79 Å². The summed E-state index contributed by atoms with van der Waals surface area (Å²) in [4.78, 5) is 26.8. The maximum absolute atomic E-state index is 12.8. The summed E-state index contributed by atoms with van der Waals surface area (Å²) in [6.07, 6.45) is 4.31. The second-order valence-electron chi connectivity index (χ2n) is 7.84. The van der Waals surface area contributed by atoms with E-state index in [1.165, 1.54) is 6.26 Å². The van der Waals surface area contributed by atoms with E-state index in [4.69, 9.17) is 4.42 Å². The Hall–Kier alpha value is -1.63. The standard InChI is InChI=1S/C19H29NO5S/c1-13(2)7-8-16-10-14(3)17(19(22)25-16)18(21)20-9-5-6-15(11-20)12-26(4,23)24/h10,13,15H,5-9,11-12H2,1-4H3. The van der Waals surface area contributed by atoms with Gasteiger partial charge >= 0.3 is 5.63 Å². The van der Waals surface area contributed by atoms with E-state index in [0.29, 0.717) is 36.8 Å². The number of amides is 1. The van der Waals surface area contributed by atoms with Crippen molar-refractivity contribution >= 4 is 15.7 Å². The molecule has 1 aliphatic rings. The second-order valence-corrected chi connectivity index (χ2v) is 10.0. The van der Waals surface area contributed by atoms with E-state index in [1.807, 2.05) is 0 Å². The summed E-state index contributed by atoms with van der Waals surface area (Å²) >= 11 is 0. The van der Waals surface area contributed by atoms with Gasteiger partial charge in [0.2, 0.25) is 0 Å². The Morgan fingerprint density at radius 1 is 1.38 bits per heavy atom. The first-order valence-electron chi connectivity index (χ1n) is 9.17. The van der Waals surface area contributed by atoms with Gasteiger partial charge in [0.15, 0.2) is 0 Å². The predicted octanol–water partition coefficient (Wildman–Crippen LogP) is 2.43. The summed E-state index contributed by atoms with van der Waals surface area (Å²) in [5.74, 6) is 0.733. The van der Waals surface area contributed by atoms with Crippen molar-refractivity contribution in [3.8, 4) is 0 Å². The number of aryl methyl sites for hydroxylation is 2. The van der Waals surface area contributed by atoms with Gasteiger partial charge in [0.1, 0.15) is 21.2 Å². The van der Waals surface area contributed by atoms with Gasteiger partial charge in [0.05, 0.1) is 5.75 Å². The largest absolute Gasteiger partial charge is 0.427 e. The van der Waals surface area contributed by atoms with Crippen LogP contribution >= 0.6 is 0 Å². The number of piperidine rings is 1. The van der Waals surface area contributed by atoms with Crippen LogP contribution in [0.5, 0.6) is 0 Å². The summed E-state index contributed by atoms with van der Waals surface area (Å²) < 4.78 is 28.4. The molecule has 0 N–H and O–H groups in total. The zero-order valence-electron chi connectivity index (χ0n) is 16.1. The molecule has 2 heterocycles. The molecule has 1 amide bonds. The number of hydrogen-bond donors (Lipinski definition) is 0. The number of hydrogen-bond acceptors (Lipinski definition) is 5. The van der Waals surface area contributed by atoms with Crippen LogP contribution in [-0.4, -0.2) is 44.3 Å². The molecule has 2 rings (SSSR count). The fraction of sp³-hybridized carbons (Fsp3) is 0.684. The highest BCUT2D eigenvalue weighted by molar-refractivity contribution is 7.90. The van der Waals surface area contributed by atoms with Crippen LogP contribution in [0, 0.1) is 18.8 Å². The number of sulfone groups is 1. The third-order valence-corrected chi connectivity index (χ3v) is 5.80. The molecule has 1 saturated heterocycles. The van der Waals surface area contributed by atoms with Crippen molar-refractivity contribution < 1.29 is 17.6 Å². The SMILES string of the molecule is Cc1cc(CCC(C)C)oc(=O)c1C(=O)N1CCCC(CS(C)(=O)=O)C1. The number of nitrogens with zero attached hydrogens (tertiary/aromatic N) is 1. The van der Waals surface area contributed by atoms with Crippen molar-refractivity contribution in [1.29, 1.82) is 0 Å². The molecular formula is C19H29NO5S. The van der Waals surface area contributed by atoms with Crippen molar-refractivity contribution in [2.45, 2.75) is 46.5 Å². The fourth-order valence-corrected chi connectivity index (χ4v) is 4.58. The smallest absolute Gasteiger partial charge is 0.349 e. The molecule has 1 aromatic heterocycles. The van der Waals surface area contributed by atoms with E-state index in [-0.39, 0.29) is 23.1 Å². The highest BCUT2D eigenvalue weighted by Crippen LogP contribution is 2.21. The Morgan fingerprint density at radius 2 is 2.08 bits per heavy atom. The van der Waals surface area contributed by atoms with Crippen LogP contribution < -0.4 is 5.63 Å². The van der Waals surface area contributed by atoms with E-state index in [1.54, 1.807) is 17.9 Å². The van der Waals surface area contributed by atoms with Gasteiger partial charge in [-0.25, -0.2) is 13.2 Å². The maximum Gasteiger partial charge on any atom is 0.349 e. The van der Waals surface area contributed by atoms with Gasteiger partial charge in [0, 0.05) is 25.8 Å². The van der Waals surface area contributed by atoms with Crippen molar-refractivity contribution in [3.63, 3.8) is 0 Å². The van der Waals surface area contributed by atoms with Crippen LogP contribution in [0.25, 0.3) is 0 Å². The number of likely N-dealkylation sites (tertiary alicyclic amines) is 1. The maximum atomic E-state index is 12.8. The Labute approximate surface area is 155 Å². The van der Waals surface area contributed by atoms with Crippen LogP contribution in [0.3, 0.4) is 0 Å². The number of rotatable bonds is 6. The Balaban J connectivity index is 2.17. The van der Waals surface area contributed by atoms with Gasteiger partial charge in [0.25, 0.3) is 5.91 Å². The molecule has 0 bridgehead atoms. The monoisotopic (exact) mass is 383 g/mol. The zero-order chi connectivity index (χ0) is 19.5. The Bertz CT molecular complexity index is 810. The summed E-state index contributed by atoms with van der Waals surface area (Å²) in [6, 6.07) is 1.77. The molecule has 1 aromatic rings. The van der Waals surface area contributed by atoms with Crippen molar-refractivity contribution in [1.82, 2.24) is 4.90 Å². The van der Waals surface area contributed by atoms with Gasteiger partial charge in [-0.05, 0) is 49.7 Å². The highest BCUT2D eigenvalue weighted by atomic mass is 32.2. The molecule has 0 spiro atoms. The predicted molar refractivity (Wildman–Crippen MR) is 101 cm³/mol. The first kappa shape index (κ1) is 20.7.